The minimum atomic E-state index is -1.42. The van der Waals surface area contributed by atoms with Gasteiger partial charge in [-0.3, -0.25) is 14.5 Å². The third kappa shape index (κ3) is 3.08. The largest absolute Gasteiger partial charge is 0.504 e. The lowest BCUT2D eigenvalue weighted by atomic mass is 9.47. The third-order valence-electron chi connectivity index (χ3n) is 10.2. The lowest BCUT2D eigenvalue weighted by Gasteiger charge is -2.63. The van der Waals surface area contributed by atoms with E-state index in [9.17, 15) is 24.6 Å². The minimum Gasteiger partial charge on any atom is -0.504 e. The third-order valence-corrected chi connectivity index (χ3v) is 10.2. The Kier molecular flexibility index (Phi) is 5.23. The van der Waals surface area contributed by atoms with Gasteiger partial charge < -0.3 is 29.7 Å². The van der Waals surface area contributed by atoms with Crippen LogP contribution >= 0.6 is 0 Å². The molecule has 0 radical (unpaired) electrons. The van der Waals surface area contributed by atoms with E-state index in [-0.39, 0.29) is 50.0 Å². The van der Waals surface area contributed by atoms with Crippen molar-refractivity contribution in [1.82, 2.24) is 10.2 Å². The maximum absolute atomic E-state index is 14.1. The van der Waals surface area contributed by atoms with E-state index in [1.54, 1.807) is 6.07 Å². The Labute approximate surface area is 220 Å². The molecule has 3 N–H and O–H groups in total. The standard InChI is InChI=1S/C28H34N2O8/c1-36-25(34)26(7-10-37-11-8-26)29-24(33)17-13-28(35)19-12-16-4-5-18(31)22-20(16)27(28,23(38-22)21(17)32)6-9-30(19)14-15-2-3-15/h4-5,15,17,19,23,31,35H,2-3,6-14H2,1H3,(H,29,33)/t17?,19-,23+,27+,28-/m1/s1. The van der Waals surface area contributed by atoms with E-state index in [1.807, 2.05) is 6.07 Å². The molecule has 4 fully saturated rings. The van der Waals surface area contributed by atoms with Crippen LogP contribution in [0.2, 0.25) is 0 Å². The molecule has 204 valence electrons. The fraction of sp³-hybridized carbons (Fsp3) is 0.679. The number of carbonyl (C=O) groups is 3. The summed E-state index contributed by atoms with van der Waals surface area (Å²) in [7, 11) is 1.27. The SMILES string of the molecule is COC(=O)C1(NC(=O)C2C[C@@]3(O)[C@H]4Cc5ccc(O)c6c5[C@@]3(CCN4CC3CC3)[C@@H](O6)C2=O)CCOCC1. The summed E-state index contributed by atoms with van der Waals surface area (Å²) in [6.45, 7) is 2.16. The summed E-state index contributed by atoms with van der Waals surface area (Å²) in [5.41, 5.74) is -2.01. The van der Waals surface area contributed by atoms with Crippen molar-refractivity contribution in [2.75, 3.05) is 33.4 Å². The van der Waals surface area contributed by atoms with Gasteiger partial charge in [0, 0.05) is 44.2 Å². The van der Waals surface area contributed by atoms with Crippen molar-refractivity contribution in [2.24, 2.45) is 11.8 Å². The van der Waals surface area contributed by atoms with Crippen molar-refractivity contribution in [1.29, 1.82) is 0 Å². The van der Waals surface area contributed by atoms with Gasteiger partial charge in [-0.25, -0.2) is 4.79 Å². The molecule has 1 aromatic rings. The van der Waals surface area contributed by atoms with Crippen LogP contribution < -0.4 is 10.1 Å². The zero-order chi connectivity index (χ0) is 26.4. The fourth-order valence-electron chi connectivity index (χ4n) is 8.14. The van der Waals surface area contributed by atoms with Crippen LogP contribution in [0.1, 0.15) is 49.7 Å². The molecule has 1 unspecified atom stereocenters. The molecule has 1 spiro atoms. The first-order valence-corrected chi connectivity index (χ1v) is 13.7. The number of likely N-dealkylation sites (tertiary alicyclic amines) is 1. The molecule has 10 heteroatoms. The van der Waals surface area contributed by atoms with Crippen LogP contribution in [0, 0.1) is 11.8 Å². The second kappa shape index (κ2) is 8.16. The normalized spacial score (nSPS) is 36.7. The van der Waals surface area contributed by atoms with E-state index < -0.39 is 46.2 Å². The molecule has 3 heterocycles. The Morgan fingerprint density at radius 2 is 1.97 bits per heavy atom. The van der Waals surface area contributed by atoms with Gasteiger partial charge in [-0.2, -0.15) is 0 Å². The van der Waals surface area contributed by atoms with Gasteiger partial charge in [0.25, 0.3) is 0 Å². The minimum absolute atomic E-state index is 0.0608. The maximum Gasteiger partial charge on any atom is 0.331 e. The van der Waals surface area contributed by atoms with Gasteiger partial charge in [0.1, 0.15) is 11.5 Å². The number of amides is 1. The first-order valence-electron chi connectivity index (χ1n) is 13.7. The molecule has 2 saturated carbocycles. The molecule has 3 aliphatic heterocycles. The number of ketones is 1. The monoisotopic (exact) mass is 526 g/mol. The van der Waals surface area contributed by atoms with Gasteiger partial charge in [0.2, 0.25) is 5.91 Å². The molecule has 10 nitrogen and oxygen atoms in total. The highest BCUT2D eigenvalue weighted by Gasteiger charge is 2.75. The molecule has 7 rings (SSSR count). The first kappa shape index (κ1) is 24.4. The number of carbonyl (C=O) groups excluding carboxylic acids is 3. The Morgan fingerprint density at radius 1 is 1.21 bits per heavy atom. The van der Waals surface area contributed by atoms with E-state index in [4.69, 9.17) is 14.2 Å². The second-order valence-electron chi connectivity index (χ2n) is 12.1. The Bertz CT molecular complexity index is 1220. The molecule has 2 bridgehead atoms. The van der Waals surface area contributed by atoms with Gasteiger partial charge in [-0.15, -0.1) is 0 Å². The molecule has 5 atom stereocenters. The van der Waals surface area contributed by atoms with Crippen molar-refractivity contribution < 1.29 is 38.8 Å². The summed E-state index contributed by atoms with van der Waals surface area (Å²) in [6, 6.07) is 3.18. The number of rotatable bonds is 5. The molecule has 38 heavy (non-hydrogen) atoms. The van der Waals surface area contributed by atoms with Crippen LogP contribution in [-0.2, 0) is 35.7 Å². The highest BCUT2D eigenvalue weighted by atomic mass is 16.5. The Hall–Kier alpha value is -2.69. The lowest BCUT2D eigenvalue weighted by Crippen LogP contribution is -2.78. The maximum atomic E-state index is 14.1. The average Bonchev–Trinajstić information content (AvgIpc) is 3.65. The number of aliphatic hydroxyl groups is 1. The van der Waals surface area contributed by atoms with Gasteiger partial charge >= 0.3 is 5.97 Å². The van der Waals surface area contributed by atoms with E-state index in [1.165, 1.54) is 20.0 Å². The summed E-state index contributed by atoms with van der Waals surface area (Å²) in [5.74, 6) is -2.00. The quantitative estimate of drug-likeness (QED) is 0.372. The fourth-order valence-corrected chi connectivity index (χ4v) is 8.14. The number of aromatic hydroxyl groups is 1. The molecule has 0 aromatic heterocycles. The van der Waals surface area contributed by atoms with Crippen LogP contribution in [0.3, 0.4) is 0 Å². The van der Waals surface area contributed by atoms with Crippen molar-refractivity contribution in [3.05, 3.63) is 23.3 Å². The van der Waals surface area contributed by atoms with Crippen LogP contribution in [-0.4, -0.2) is 89.5 Å². The number of benzene rings is 1. The number of nitrogens with one attached hydrogen (secondary N) is 1. The second-order valence-corrected chi connectivity index (χ2v) is 12.1. The van der Waals surface area contributed by atoms with Crippen LogP contribution in [0.15, 0.2) is 12.1 Å². The summed E-state index contributed by atoms with van der Waals surface area (Å²) in [5, 5.41) is 26.3. The summed E-state index contributed by atoms with van der Waals surface area (Å²) in [4.78, 5) is 43.0. The molecule has 6 aliphatic rings. The Morgan fingerprint density at radius 3 is 2.68 bits per heavy atom. The van der Waals surface area contributed by atoms with E-state index in [2.05, 4.69) is 10.2 Å². The molecule has 1 aromatic carbocycles. The average molecular weight is 527 g/mol. The topological polar surface area (TPSA) is 135 Å². The smallest absolute Gasteiger partial charge is 0.331 e. The molecule has 2 saturated heterocycles. The van der Waals surface area contributed by atoms with E-state index >= 15 is 0 Å². The molecule has 1 amide bonds. The lowest BCUT2D eigenvalue weighted by molar-refractivity contribution is -0.199. The zero-order valence-corrected chi connectivity index (χ0v) is 21.5. The van der Waals surface area contributed by atoms with Crippen LogP contribution in [0.4, 0.5) is 0 Å². The van der Waals surface area contributed by atoms with Crippen molar-refractivity contribution in [3.63, 3.8) is 0 Å². The van der Waals surface area contributed by atoms with Gasteiger partial charge in [0.05, 0.1) is 18.1 Å². The predicted octanol–water partition coefficient (Wildman–Crippen LogP) is 0.590. The van der Waals surface area contributed by atoms with Crippen molar-refractivity contribution >= 4 is 17.7 Å². The molecular formula is C28H34N2O8. The number of phenols is 1. The van der Waals surface area contributed by atoms with Crippen LogP contribution in [0.5, 0.6) is 11.5 Å². The number of esters is 1. The Balaban J connectivity index is 1.29. The summed E-state index contributed by atoms with van der Waals surface area (Å²) in [6.07, 6.45) is 2.73. The van der Waals surface area contributed by atoms with Gasteiger partial charge in [-0.05, 0) is 56.2 Å². The number of hydrogen-bond donors (Lipinski definition) is 3. The van der Waals surface area contributed by atoms with E-state index in [0.717, 1.165) is 17.7 Å². The zero-order valence-electron chi connectivity index (χ0n) is 21.5. The predicted molar refractivity (Wildman–Crippen MR) is 132 cm³/mol. The molecular weight excluding hydrogens is 492 g/mol. The number of hydrogen-bond acceptors (Lipinski definition) is 9. The number of ether oxygens (including phenoxy) is 3. The van der Waals surface area contributed by atoms with E-state index in [0.29, 0.717) is 25.3 Å². The number of methoxy groups -OCH3 is 1. The summed E-state index contributed by atoms with van der Waals surface area (Å²) < 4.78 is 16.6. The highest BCUT2D eigenvalue weighted by Crippen LogP contribution is 2.65. The summed E-state index contributed by atoms with van der Waals surface area (Å²) >= 11 is 0. The number of nitrogens with zero attached hydrogens (tertiary/aromatic N) is 1. The first-order chi connectivity index (χ1) is 18.2. The number of phenolic OH excluding ortho intramolecular Hbond substituents is 1. The number of Topliss-reactive ketones (excluding diaryl/α,β-unsaturated/α-hetero) is 1. The number of piperidine rings is 1. The van der Waals surface area contributed by atoms with Crippen LogP contribution in [0.25, 0.3) is 0 Å². The van der Waals surface area contributed by atoms with Crippen molar-refractivity contribution in [2.45, 2.75) is 73.6 Å². The van der Waals surface area contributed by atoms with Crippen molar-refractivity contribution in [3.8, 4) is 11.5 Å². The highest BCUT2D eigenvalue weighted by molar-refractivity contribution is 6.07. The van der Waals surface area contributed by atoms with Gasteiger partial charge in [-0.1, -0.05) is 6.07 Å². The van der Waals surface area contributed by atoms with Gasteiger partial charge in [0.15, 0.2) is 23.4 Å². The molecule has 3 aliphatic carbocycles.